The third kappa shape index (κ3) is 2.75. The van der Waals surface area contributed by atoms with Gasteiger partial charge < -0.3 is 0 Å². The molecule has 0 saturated heterocycles. The lowest BCUT2D eigenvalue weighted by molar-refractivity contribution is 0.593. The molecule has 1 aromatic carbocycles. The van der Waals surface area contributed by atoms with Crippen LogP contribution in [0.5, 0.6) is 0 Å². The van der Waals surface area contributed by atoms with E-state index in [4.69, 9.17) is 4.99 Å². The lowest BCUT2D eigenvalue weighted by atomic mass is 9.85. The molecule has 0 radical (unpaired) electrons. The molecule has 2 aliphatic rings. The highest BCUT2D eigenvalue weighted by atomic mass is 32.1. The van der Waals surface area contributed by atoms with Crippen molar-refractivity contribution in [3.8, 4) is 0 Å². The van der Waals surface area contributed by atoms with Crippen molar-refractivity contribution < 1.29 is 0 Å². The molecular formula is C24H17N3OS2. The summed E-state index contributed by atoms with van der Waals surface area (Å²) in [6.07, 6.45) is 7.33. The van der Waals surface area contributed by atoms with Gasteiger partial charge in [0.1, 0.15) is 0 Å². The SMILES string of the molecule is O=c1c(=Cc2ccncc2)sc2n1C(c1cccs1)C1=C(N=2)c2ccccc2CC1. The highest BCUT2D eigenvalue weighted by molar-refractivity contribution is 7.10. The number of nitrogens with zero attached hydrogens (tertiary/aromatic N) is 3. The van der Waals surface area contributed by atoms with Crippen LogP contribution in [0.25, 0.3) is 11.8 Å². The number of hydrogen-bond donors (Lipinski definition) is 0. The molecular weight excluding hydrogens is 410 g/mol. The Morgan fingerprint density at radius 3 is 2.73 bits per heavy atom. The molecule has 0 amide bonds. The lowest BCUT2D eigenvalue weighted by Crippen LogP contribution is -2.38. The average molecular weight is 428 g/mol. The zero-order chi connectivity index (χ0) is 20.1. The van der Waals surface area contributed by atoms with Crippen molar-refractivity contribution in [2.24, 2.45) is 4.99 Å². The first kappa shape index (κ1) is 17.7. The summed E-state index contributed by atoms with van der Waals surface area (Å²) >= 11 is 3.17. The molecule has 0 fully saturated rings. The number of pyridine rings is 1. The van der Waals surface area contributed by atoms with Crippen molar-refractivity contribution in [3.05, 3.63) is 113 Å². The number of thiophene rings is 1. The molecule has 4 nitrogen and oxygen atoms in total. The second kappa shape index (κ2) is 7.00. The largest absolute Gasteiger partial charge is 0.271 e. The van der Waals surface area contributed by atoms with Gasteiger partial charge in [0.15, 0.2) is 4.80 Å². The minimum Gasteiger partial charge on any atom is -0.271 e. The fourth-order valence-corrected chi connectivity index (χ4v) is 6.18. The number of thiazole rings is 1. The number of aromatic nitrogens is 2. The molecule has 146 valence electrons. The summed E-state index contributed by atoms with van der Waals surface area (Å²) in [5.41, 5.74) is 5.83. The van der Waals surface area contributed by atoms with Crippen LogP contribution in [0, 0.1) is 0 Å². The van der Waals surface area contributed by atoms with Gasteiger partial charge in [0, 0.05) is 22.8 Å². The molecule has 6 rings (SSSR count). The summed E-state index contributed by atoms with van der Waals surface area (Å²) in [5, 5.41) is 2.08. The number of hydrogen-bond acceptors (Lipinski definition) is 5. The van der Waals surface area contributed by atoms with E-state index in [1.165, 1.54) is 32.9 Å². The molecule has 0 spiro atoms. The number of aryl methyl sites for hydroxylation is 1. The maximum Gasteiger partial charge on any atom is 0.271 e. The Hall–Kier alpha value is -3.09. The van der Waals surface area contributed by atoms with Crippen LogP contribution in [-0.2, 0) is 6.42 Å². The number of rotatable bonds is 2. The molecule has 6 heteroatoms. The maximum absolute atomic E-state index is 13.5. The Labute approximate surface area is 180 Å². The van der Waals surface area contributed by atoms with Crippen molar-refractivity contribution in [1.29, 1.82) is 0 Å². The van der Waals surface area contributed by atoms with Gasteiger partial charge in [0.2, 0.25) is 0 Å². The van der Waals surface area contributed by atoms with E-state index in [2.05, 4.69) is 46.8 Å². The van der Waals surface area contributed by atoms with Crippen molar-refractivity contribution >= 4 is 34.4 Å². The van der Waals surface area contributed by atoms with E-state index >= 15 is 0 Å². The van der Waals surface area contributed by atoms with Crippen LogP contribution in [0.3, 0.4) is 0 Å². The Bertz CT molecular complexity index is 1460. The van der Waals surface area contributed by atoms with Gasteiger partial charge in [-0.1, -0.05) is 41.7 Å². The highest BCUT2D eigenvalue weighted by Gasteiger charge is 2.32. The van der Waals surface area contributed by atoms with E-state index in [0.717, 1.165) is 28.9 Å². The predicted octanol–water partition coefficient (Wildman–Crippen LogP) is 3.78. The van der Waals surface area contributed by atoms with Gasteiger partial charge >= 0.3 is 0 Å². The Balaban J connectivity index is 1.64. The van der Waals surface area contributed by atoms with E-state index in [-0.39, 0.29) is 11.6 Å². The van der Waals surface area contributed by atoms with Crippen molar-refractivity contribution in [2.45, 2.75) is 18.9 Å². The molecule has 1 unspecified atom stereocenters. The van der Waals surface area contributed by atoms with Crippen molar-refractivity contribution in [3.63, 3.8) is 0 Å². The summed E-state index contributed by atoms with van der Waals surface area (Å²) in [6, 6.07) is 16.4. The van der Waals surface area contributed by atoms with Gasteiger partial charge in [-0.25, -0.2) is 4.99 Å². The topological polar surface area (TPSA) is 47.2 Å². The summed E-state index contributed by atoms with van der Waals surface area (Å²) < 4.78 is 2.60. The molecule has 4 heterocycles. The van der Waals surface area contributed by atoms with E-state index in [0.29, 0.717) is 4.53 Å². The van der Waals surface area contributed by atoms with Gasteiger partial charge in [-0.3, -0.25) is 14.3 Å². The molecule has 0 saturated carbocycles. The van der Waals surface area contributed by atoms with Crippen LogP contribution in [0.4, 0.5) is 0 Å². The minimum atomic E-state index is -0.0794. The Morgan fingerprint density at radius 2 is 1.90 bits per heavy atom. The van der Waals surface area contributed by atoms with Gasteiger partial charge in [-0.05, 0) is 59.2 Å². The Kier molecular flexibility index (Phi) is 4.14. The third-order valence-corrected chi connectivity index (χ3v) is 7.60. The van der Waals surface area contributed by atoms with Crippen LogP contribution in [-0.4, -0.2) is 9.55 Å². The van der Waals surface area contributed by atoms with E-state index < -0.39 is 0 Å². The zero-order valence-electron chi connectivity index (χ0n) is 16.0. The third-order valence-electron chi connectivity index (χ3n) is 5.69. The molecule has 30 heavy (non-hydrogen) atoms. The van der Waals surface area contributed by atoms with Crippen molar-refractivity contribution in [2.75, 3.05) is 0 Å². The van der Waals surface area contributed by atoms with Gasteiger partial charge in [0.25, 0.3) is 5.56 Å². The first-order chi connectivity index (χ1) is 14.8. The van der Waals surface area contributed by atoms with E-state index in [1.54, 1.807) is 23.7 Å². The molecule has 3 aromatic heterocycles. The van der Waals surface area contributed by atoms with Gasteiger partial charge in [-0.2, -0.15) is 0 Å². The molecule has 1 aliphatic heterocycles. The number of fused-ring (bicyclic) bond motifs is 3. The first-order valence-corrected chi connectivity index (χ1v) is 11.6. The Morgan fingerprint density at radius 1 is 1.03 bits per heavy atom. The number of benzene rings is 1. The first-order valence-electron chi connectivity index (χ1n) is 9.86. The minimum absolute atomic E-state index is 0.0272. The van der Waals surface area contributed by atoms with Crippen LogP contribution >= 0.6 is 22.7 Å². The van der Waals surface area contributed by atoms with Crippen LogP contribution < -0.4 is 14.9 Å². The predicted molar refractivity (Wildman–Crippen MR) is 121 cm³/mol. The fraction of sp³-hybridized carbons (Fsp3) is 0.125. The van der Waals surface area contributed by atoms with E-state index in [1.807, 2.05) is 22.8 Å². The summed E-state index contributed by atoms with van der Waals surface area (Å²) in [6.45, 7) is 0. The maximum atomic E-state index is 13.5. The smallest absolute Gasteiger partial charge is 0.271 e. The summed E-state index contributed by atoms with van der Waals surface area (Å²) in [4.78, 5) is 24.5. The molecule has 1 atom stereocenters. The lowest BCUT2D eigenvalue weighted by Gasteiger charge is -2.30. The normalized spacial score (nSPS) is 17.9. The summed E-state index contributed by atoms with van der Waals surface area (Å²) in [5.74, 6) is 0. The molecule has 0 bridgehead atoms. The highest BCUT2D eigenvalue weighted by Crippen LogP contribution is 2.42. The van der Waals surface area contributed by atoms with Crippen LogP contribution in [0.15, 0.2) is 81.7 Å². The molecule has 0 N–H and O–H groups in total. The summed E-state index contributed by atoms with van der Waals surface area (Å²) in [7, 11) is 0. The van der Waals surface area contributed by atoms with Crippen LogP contribution in [0.2, 0.25) is 0 Å². The van der Waals surface area contributed by atoms with Gasteiger partial charge in [0.05, 0.1) is 16.3 Å². The van der Waals surface area contributed by atoms with Crippen molar-refractivity contribution in [1.82, 2.24) is 9.55 Å². The van der Waals surface area contributed by atoms with E-state index in [9.17, 15) is 4.79 Å². The van der Waals surface area contributed by atoms with Crippen LogP contribution in [0.1, 0.15) is 34.0 Å². The molecule has 1 aliphatic carbocycles. The fourth-order valence-electron chi connectivity index (χ4n) is 4.33. The monoisotopic (exact) mass is 427 g/mol. The molecule has 4 aromatic rings. The quantitative estimate of drug-likeness (QED) is 0.489. The number of allylic oxidation sites excluding steroid dienone is 1. The zero-order valence-corrected chi connectivity index (χ0v) is 17.6. The average Bonchev–Trinajstić information content (AvgIpc) is 3.42. The van der Waals surface area contributed by atoms with Gasteiger partial charge in [-0.15, -0.1) is 11.3 Å². The standard InChI is InChI=1S/C24H17N3OS2/c28-23-20(14-15-9-11-25-12-10-15)30-24-26-21-17-5-2-1-4-16(17)7-8-18(21)22(27(23)24)19-6-3-13-29-19/h1-6,9-14,22H,7-8H2. The second-order valence-corrected chi connectivity index (χ2v) is 9.40. The second-order valence-electron chi connectivity index (χ2n) is 7.41.